The summed E-state index contributed by atoms with van der Waals surface area (Å²) in [7, 11) is 0. The fourth-order valence-corrected chi connectivity index (χ4v) is 4.01. The zero-order chi connectivity index (χ0) is 18.8. The molecule has 2 aliphatic rings. The van der Waals surface area contributed by atoms with Gasteiger partial charge in [-0.05, 0) is 30.5 Å². The number of anilines is 1. The molecule has 0 radical (unpaired) electrons. The molecule has 1 aromatic carbocycles. The highest BCUT2D eigenvalue weighted by Gasteiger charge is 2.37. The standard InChI is InChI=1S/C20H21N5O2/c1-20(2)15-4-3-12(7-13(15)9-16(20)27)8-17-22-19-18(24-10-14(26)11-24)21-5-6-25(19)23-17/h3-7,14,26H,8-11H2,1-2H3. The molecule has 1 aliphatic heterocycles. The zero-order valence-electron chi connectivity index (χ0n) is 15.4. The molecule has 7 heteroatoms. The Labute approximate surface area is 156 Å². The molecule has 0 spiro atoms. The molecule has 1 fully saturated rings. The second-order valence-corrected chi connectivity index (χ2v) is 8.00. The Balaban J connectivity index is 1.45. The molecule has 0 amide bonds. The molecule has 7 nitrogen and oxygen atoms in total. The average Bonchev–Trinajstić information content (AvgIpc) is 3.10. The third kappa shape index (κ3) is 2.53. The number of Topliss-reactive ketones (excluding diaryl/α,β-unsaturated/α-hetero) is 1. The molecule has 27 heavy (non-hydrogen) atoms. The van der Waals surface area contributed by atoms with Crippen molar-refractivity contribution in [1.29, 1.82) is 0 Å². The first kappa shape index (κ1) is 16.4. The van der Waals surface area contributed by atoms with Gasteiger partial charge in [-0.3, -0.25) is 4.79 Å². The minimum Gasteiger partial charge on any atom is -0.389 e. The second-order valence-electron chi connectivity index (χ2n) is 8.00. The predicted molar refractivity (Wildman–Crippen MR) is 100.0 cm³/mol. The Hall–Kier alpha value is -2.80. The summed E-state index contributed by atoms with van der Waals surface area (Å²) in [6, 6.07) is 6.24. The number of aliphatic hydroxyl groups is 1. The lowest BCUT2D eigenvalue weighted by Crippen LogP contribution is -2.51. The van der Waals surface area contributed by atoms with Crippen LogP contribution in [0.4, 0.5) is 5.82 Å². The Morgan fingerprint density at radius 2 is 2.11 bits per heavy atom. The van der Waals surface area contributed by atoms with Crippen molar-refractivity contribution in [3.8, 4) is 0 Å². The van der Waals surface area contributed by atoms with E-state index >= 15 is 0 Å². The molecule has 0 unspecified atom stereocenters. The van der Waals surface area contributed by atoms with Crippen molar-refractivity contribution in [3.63, 3.8) is 0 Å². The predicted octanol–water partition coefficient (Wildman–Crippen LogP) is 1.30. The first-order valence-corrected chi connectivity index (χ1v) is 9.20. The molecule has 2 aromatic heterocycles. The van der Waals surface area contributed by atoms with Gasteiger partial charge in [-0.2, -0.15) is 5.10 Å². The zero-order valence-corrected chi connectivity index (χ0v) is 15.4. The number of aliphatic hydroxyl groups excluding tert-OH is 1. The molecule has 3 aromatic rings. The van der Waals surface area contributed by atoms with Crippen molar-refractivity contribution >= 4 is 17.2 Å². The van der Waals surface area contributed by atoms with Crippen LogP contribution >= 0.6 is 0 Å². The van der Waals surface area contributed by atoms with Gasteiger partial charge in [-0.1, -0.05) is 18.2 Å². The summed E-state index contributed by atoms with van der Waals surface area (Å²) in [5.41, 5.74) is 3.66. The van der Waals surface area contributed by atoms with E-state index in [0.29, 0.717) is 37.4 Å². The van der Waals surface area contributed by atoms with Crippen LogP contribution in [0.2, 0.25) is 0 Å². The Kier molecular flexibility index (Phi) is 3.40. The van der Waals surface area contributed by atoms with Crippen LogP contribution in [0.1, 0.15) is 36.4 Å². The van der Waals surface area contributed by atoms with Crippen molar-refractivity contribution in [1.82, 2.24) is 19.6 Å². The number of carbonyl (C=O) groups is 1. The van der Waals surface area contributed by atoms with Crippen molar-refractivity contribution in [2.75, 3.05) is 18.0 Å². The monoisotopic (exact) mass is 363 g/mol. The first-order valence-electron chi connectivity index (χ1n) is 9.20. The van der Waals surface area contributed by atoms with E-state index < -0.39 is 5.41 Å². The summed E-state index contributed by atoms with van der Waals surface area (Å²) in [5, 5.41) is 14.1. The fraction of sp³-hybridized carbons (Fsp3) is 0.400. The molecule has 5 rings (SSSR count). The van der Waals surface area contributed by atoms with Gasteiger partial charge < -0.3 is 10.0 Å². The minimum absolute atomic E-state index is 0.271. The van der Waals surface area contributed by atoms with Gasteiger partial charge >= 0.3 is 0 Å². The van der Waals surface area contributed by atoms with E-state index in [1.807, 2.05) is 18.7 Å². The first-order chi connectivity index (χ1) is 12.9. The lowest BCUT2D eigenvalue weighted by molar-refractivity contribution is -0.121. The third-order valence-electron chi connectivity index (χ3n) is 5.69. The van der Waals surface area contributed by atoms with Gasteiger partial charge in [0.25, 0.3) is 0 Å². The molecule has 1 aliphatic carbocycles. The number of carbonyl (C=O) groups excluding carboxylic acids is 1. The summed E-state index contributed by atoms with van der Waals surface area (Å²) in [6.07, 6.45) is 4.29. The van der Waals surface area contributed by atoms with Crippen LogP contribution in [0.3, 0.4) is 0 Å². The summed E-state index contributed by atoms with van der Waals surface area (Å²) in [5.74, 6) is 1.74. The second kappa shape index (κ2) is 5.60. The number of aromatic nitrogens is 4. The van der Waals surface area contributed by atoms with Crippen molar-refractivity contribution in [2.24, 2.45) is 0 Å². The van der Waals surface area contributed by atoms with Crippen molar-refractivity contribution in [2.45, 2.75) is 38.2 Å². The quantitative estimate of drug-likeness (QED) is 0.755. The maximum absolute atomic E-state index is 12.2. The van der Waals surface area contributed by atoms with Gasteiger partial charge in [0.05, 0.1) is 6.10 Å². The number of hydrogen-bond donors (Lipinski definition) is 1. The maximum atomic E-state index is 12.2. The molecule has 3 heterocycles. The molecule has 0 bridgehead atoms. The van der Waals surface area contributed by atoms with Gasteiger partial charge in [-0.25, -0.2) is 14.5 Å². The molecule has 1 N–H and O–H groups in total. The number of β-amino-alcohol motifs (C(OH)–C–C–N with tert-alkyl or cyclic N) is 1. The van der Waals surface area contributed by atoms with Gasteiger partial charge in [0.2, 0.25) is 0 Å². The van der Waals surface area contributed by atoms with Gasteiger partial charge in [0.1, 0.15) is 5.78 Å². The number of ketones is 1. The largest absolute Gasteiger partial charge is 0.389 e. The molecular formula is C20H21N5O2. The number of hydrogen-bond acceptors (Lipinski definition) is 6. The average molecular weight is 363 g/mol. The molecule has 1 saturated heterocycles. The summed E-state index contributed by atoms with van der Waals surface area (Å²) < 4.78 is 1.74. The van der Waals surface area contributed by atoms with E-state index in [2.05, 4.69) is 33.3 Å². The van der Waals surface area contributed by atoms with Gasteiger partial charge in [0, 0.05) is 43.7 Å². The lowest BCUT2D eigenvalue weighted by Gasteiger charge is -2.36. The van der Waals surface area contributed by atoms with E-state index in [1.165, 1.54) is 0 Å². The molecule has 0 saturated carbocycles. The summed E-state index contributed by atoms with van der Waals surface area (Å²) in [6.45, 7) is 5.13. The van der Waals surface area contributed by atoms with E-state index in [1.54, 1.807) is 16.9 Å². The van der Waals surface area contributed by atoms with E-state index in [9.17, 15) is 9.90 Å². The van der Waals surface area contributed by atoms with Crippen LogP contribution in [0.5, 0.6) is 0 Å². The van der Waals surface area contributed by atoms with E-state index in [4.69, 9.17) is 0 Å². The number of nitrogens with zero attached hydrogens (tertiary/aromatic N) is 5. The topological polar surface area (TPSA) is 83.6 Å². The lowest BCUT2D eigenvalue weighted by atomic mass is 9.85. The van der Waals surface area contributed by atoms with Crippen LogP contribution in [0, 0.1) is 0 Å². The minimum atomic E-state index is -0.391. The van der Waals surface area contributed by atoms with Crippen LogP contribution < -0.4 is 4.90 Å². The highest BCUT2D eigenvalue weighted by atomic mass is 16.3. The van der Waals surface area contributed by atoms with Crippen LogP contribution in [0.25, 0.3) is 5.65 Å². The molecule has 138 valence electrons. The Morgan fingerprint density at radius 3 is 2.89 bits per heavy atom. The van der Waals surface area contributed by atoms with Crippen LogP contribution in [0.15, 0.2) is 30.6 Å². The smallest absolute Gasteiger partial charge is 0.198 e. The van der Waals surface area contributed by atoms with Gasteiger partial charge in [-0.15, -0.1) is 0 Å². The number of benzene rings is 1. The number of rotatable bonds is 3. The van der Waals surface area contributed by atoms with Crippen molar-refractivity contribution < 1.29 is 9.90 Å². The fourth-order valence-electron chi connectivity index (χ4n) is 4.01. The summed E-state index contributed by atoms with van der Waals surface area (Å²) in [4.78, 5) is 23.3. The SMILES string of the molecule is CC1(C)C(=O)Cc2cc(Cc3nc4c(N5CC(O)C5)nccn4n3)ccc21. The molecular weight excluding hydrogens is 342 g/mol. The van der Waals surface area contributed by atoms with E-state index in [0.717, 1.165) is 22.5 Å². The van der Waals surface area contributed by atoms with Gasteiger partial charge in [0.15, 0.2) is 17.3 Å². The highest BCUT2D eigenvalue weighted by Crippen LogP contribution is 2.36. The summed E-state index contributed by atoms with van der Waals surface area (Å²) >= 11 is 0. The van der Waals surface area contributed by atoms with Crippen LogP contribution in [-0.2, 0) is 23.1 Å². The van der Waals surface area contributed by atoms with Crippen LogP contribution in [-0.4, -0.2) is 49.7 Å². The molecule has 0 atom stereocenters. The maximum Gasteiger partial charge on any atom is 0.198 e. The third-order valence-corrected chi connectivity index (χ3v) is 5.69. The van der Waals surface area contributed by atoms with Crippen molar-refractivity contribution in [3.05, 3.63) is 53.1 Å². The van der Waals surface area contributed by atoms with E-state index in [-0.39, 0.29) is 11.9 Å². The number of fused-ring (bicyclic) bond motifs is 2. The Bertz CT molecular complexity index is 1070. The Morgan fingerprint density at radius 1 is 1.30 bits per heavy atom. The highest BCUT2D eigenvalue weighted by molar-refractivity contribution is 5.95. The normalized spacial score (nSPS) is 18.8.